The molecule has 0 N–H and O–H groups in total. The topological polar surface area (TPSA) is 69.7 Å². The van der Waals surface area contributed by atoms with Crippen molar-refractivity contribution in [2.24, 2.45) is 17.8 Å². The lowest BCUT2D eigenvalue weighted by molar-refractivity contribution is -0.158. The van der Waals surface area contributed by atoms with E-state index >= 15 is 0 Å². The van der Waals surface area contributed by atoms with Crippen molar-refractivity contribution in [3.63, 3.8) is 0 Å². The molecular weight excluding hydrogens is 308 g/mol. The molecule has 5 nitrogen and oxygen atoms in total. The van der Waals surface area contributed by atoms with Gasteiger partial charge in [-0.1, -0.05) is 23.7 Å². The Morgan fingerprint density at radius 2 is 1.73 bits per heavy atom. The molecule has 1 saturated carbocycles. The second-order valence-electron chi connectivity index (χ2n) is 5.30. The monoisotopic (exact) mass is 324 g/mol. The lowest BCUT2D eigenvalue weighted by Crippen LogP contribution is -2.32. The van der Waals surface area contributed by atoms with Gasteiger partial charge < -0.3 is 9.47 Å². The Morgan fingerprint density at radius 3 is 2.27 bits per heavy atom. The maximum atomic E-state index is 12.5. The number of Topliss-reactive ketones (excluding diaryl/α,β-unsaturated/α-hetero) is 1. The van der Waals surface area contributed by atoms with Crippen LogP contribution in [0.1, 0.15) is 12.0 Å². The van der Waals surface area contributed by atoms with Crippen molar-refractivity contribution in [2.45, 2.75) is 12.8 Å². The van der Waals surface area contributed by atoms with Crippen LogP contribution in [0.2, 0.25) is 5.02 Å². The molecule has 1 fully saturated rings. The molecule has 0 radical (unpaired) electrons. The summed E-state index contributed by atoms with van der Waals surface area (Å²) in [5.41, 5.74) is 0.928. The Labute approximate surface area is 133 Å². The SMILES string of the molecule is COC(=O)C1CC(Cc2ccc(Cl)cc2)C(=O)C1C(=O)OC. The van der Waals surface area contributed by atoms with Gasteiger partial charge in [-0.15, -0.1) is 0 Å². The normalized spacial score (nSPS) is 24.1. The number of rotatable bonds is 4. The van der Waals surface area contributed by atoms with E-state index in [1.807, 2.05) is 12.1 Å². The van der Waals surface area contributed by atoms with Gasteiger partial charge in [-0.2, -0.15) is 0 Å². The predicted octanol–water partition coefficient (Wildman–Crippen LogP) is 2.05. The minimum absolute atomic E-state index is 0.266. The molecule has 0 heterocycles. The van der Waals surface area contributed by atoms with E-state index in [1.165, 1.54) is 14.2 Å². The number of carbonyl (C=O) groups is 3. The fourth-order valence-electron chi connectivity index (χ4n) is 2.89. The minimum Gasteiger partial charge on any atom is -0.469 e. The smallest absolute Gasteiger partial charge is 0.317 e. The van der Waals surface area contributed by atoms with Gasteiger partial charge in [0, 0.05) is 10.9 Å². The van der Waals surface area contributed by atoms with E-state index in [4.69, 9.17) is 16.3 Å². The number of halogens is 1. The van der Waals surface area contributed by atoms with Crippen LogP contribution >= 0.6 is 11.6 Å². The number of methoxy groups -OCH3 is 2. The maximum absolute atomic E-state index is 12.5. The van der Waals surface area contributed by atoms with Crippen molar-refractivity contribution >= 4 is 29.3 Å². The average Bonchev–Trinajstić information content (AvgIpc) is 2.85. The third-order valence-corrected chi connectivity index (χ3v) is 4.26. The zero-order valence-electron chi connectivity index (χ0n) is 12.4. The molecule has 0 aliphatic heterocycles. The lowest BCUT2D eigenvalue weighted by Gasteiger charge is -2.13. The van der Waals surface area contributed by atoms with Crippen molar-refractivity contribution in [1.29, 1.82) is 0 Å². The third kappa shape index (κ3) is 3.30. The van der Waals surface area contributed by atoms with Crippen LogP contribution in [0.5, 0.6) is 0 Å². The quantitative estimate of drug-likeness (QED) is 0.626. The van der Waals surface area contributed by atoms with E-state index < -0.39 is 29.7 Å². The van der Waals surface area contributed by atoms with Crippen LogP contribution in [-0.2, 0) is 30.3 Å². The van der Waals surface area contributed by atoms with Gasteiger partial charge in [-0.25, -0.2) is 0 Å². The second-order valence-corrected chi connectivity index (χ2v) is 5.73. The van der Waals surface area contributed by atoms with Gasteiger partial charge >= 0.3 is 11.9 Å². The summed E-state index contributed by atoms with van der Waals surface area (Å²) in [6.45, 7) is 0. The van der Waals surface area contributed by atoms with Crippen molar-refractivity contribution in [3.05, 3.63) is 34.9 Å². The molecule has 3 atom stereocenters. The maximum Gasteiger partial charge on any atom is 0.317 e. The fourth-order valence-corrected chi connectivity index (χ4v) is 3.02. The summed E-state index contributed by atoms with van der Waals surface area (Å²) >= 11 is 5.83. The summed E-state index contributed by atoms with van der Waals surface area (Å²) in [7, 11) is 2.45. The summed E-state index contributed by atoms with van der Waals surface area (Å²) in [6.07, 6.45) is 0.741. The van der Waals surface area contributed by atoms with Gasteiger partial charge in [-0.3, -0.25) is 14.4 Å². The van der Waals surface area contributed by atoms with Crippen LogP contribution in [0.4, 0.5) is 0 Å². The standard InChI is InChI=1S/C16H17ClO5/c1-21-15(19)12-8-10(14(18)13(12)16(20)22-2)7-9-3-5-11(17)6-4-9/h3-6,10,12-13H,7-8H2,1-2H3. The molecule has 1 aromatic carbocycles. The first-order chi connectivity index (χ1) is 10.5. The molecule has 1 aliphatic carbocycles. The molecule has 6 heteroatoms. The number of ether oxygens (including phenoxy) is 2. The minimum atomic E-state index is -1.07. The van der Waals surface area contributed by atoms with Gasteiger partial charge in [0.05, 0.1) is 20.1 Å². The van der Waals surface area contributed by atoms with Gasteiger partial charge in [0.15, 0.2) is 5.78 Å². The van der Waals surface area contributed by atoms with Crippen LogP contribution in [0.3, 0.4) is 0 Å². The largest absolute Gasteiger partial charge is 0.469 e. The Balaban J connectivity index is 2.19. The Kier molecular flexibility index (Phi) is 5.19. The van der Waals surface area contributed by atoms with E-state index in [9.17, 15) is 14.4 Å². The number of carbonyl (C=O) groups excluding carboxylic acids is 3. The van der Waals surface area contributed by atoms with E-state index in [-0.39, 0.29) is 12.2 Å². The van der Waals surface area contributed by atoms with Crippen LogP contribution in [-0.4, -0.2) is 31.9 Å². The molecule has 0 saturated heterocycles. The van der Waals surface area contributed by atoms with Gasteiger partial charge in [-0.05, 0) is 30.5 Å². The first kappa shape index (κ1) is 16.5. The van der Waals surface area contributed by atoms with Crippen molar-refractivity contribution in [2.75, 3.05) is 14.2 Å². The van der Waals surface area contributed by atoms with Crippen molar-refractivity contribution < 1.29 is 23.9 Å². The molecule has 1 aromatic rings. The Morgan fingerprint density at radius 1 is 1.14 bits per heavy atom. The zero-order valence-corrected chi connectivity index (χ0v) is 13.1. The fraction of sp³-hybridized carbons (Fsp3) is 0.438. The third-order valence-electron chi connectivity index (χ3n) is 4.00. The van der Waals surface area contributed by atoms with Crippen molar-refractivity contribution in [1.82, 2.24) is 0 Å². The molecule has 0 bridgehead atoms. The molecule has 118 valence electrons. The summed E-state index contributed by atoms with van der Waals surface area (Å²) < 4.78 is 9.36. The van der Waals surface area contributed by atoms with Gasteiger partial charge in [0.2, 0.25) is 0 Å². The summed E-state index contributed by atoms with van der Waals surface area (Å²) in [5.74, 6) is -3.76. The number of ketones is 1. The van der Waals surface area contributed by atoms with Crippen LogP contribution in [0, 0.1) is 17.8 Å². The highest BCUT2D eigenvalue weighted by Gasteiger charge is 2.50. The molecular formula is C16H17ClO5. The molecule has 1 aliphatic rings. The van der Waals surface area contributed by atoms with E-state index in [0.29, 0.717) is 11.4 Å². The predicted molar refractivity (Wildman–Crippen MR) is 79.3 cm³/mol. The highest BCUT2D eigenvalue weighted by Crippen LogP contribution is 2.37. The molecule has 0 amide bonds. The van der Waals surface area contributed by atoms with E-state index in [2.05, 4.69) is 4.74 Å². The first-order valence-electron chi connectivity index (χ1n) is 6.91. The number of hydrogen-bond acceptors (Lipinski definition) is 5. The Bertz CT molecular complexity index is 581. The molecule has 0 spiro atoms. The number of hydrogen-bond donors (Lipinski definition) is 0. The van der Waals surface area contributed by atoms with Crippen LogP contribution in [0.15, 0.2) is 24.3 Å². The van der Waals surface area contributed by atoms with Gasteiger partial charge in [0.25, 0.3) is 0 Å². The zero-order chi connectivity index (χ0) is 16.3. The highest BCUT2D eigenvalue weighted by atomic mass is 35.5. The Hall–Kier alpha value is -1.88. The number of esters is 2. The summed E-state index contributed by atoms with van der Waals surface area (Å²) in [6, 6.07) is 7.14. The first-order valence-corrected chi connectivity index (χ1v) is 7.29. The number of benzene rings is 1. The summed E-state index contributed by atoms with van der Waals surface area (Å²) in [5, 5.41) is 0.612. The van der Waals surface area contributed by atoms with Crippen molar-refractivity contribution in [3.8, 4) is 0 Å². The molecule has 3 unspecified atom stereocenters. The summed E-state index contributed by atoms with van der Waals surface area (Å²) in [4.78, 5) is 36.1. The van der Waals surface area contributed by atoms with E-state index in [0.717, 1.165) is 5.56 Å². The van der Waals surface area contributed by atoms with Crippen LogP contribution < -0.4 is 0 Å². The van der Waals surface area contributed by atoms with E-state index in [1.54, 1.807) is 12.1 Å². The molecule has 2 rings (SSSR count). The molecule has 0 aromatic heterocycles. The second kappa shape index (κ2) is 6.92. The van der Waals surface area contributed by atoms with Gasteiger partial charge in [0.1, 0.15) is 5.92 Å². The molecule has 22 heavy (non-hydrogen) atoms. The lowest BCUT2D eigenvalue weighted by atomic mass is 9.95. The van der Waals surface area contributed by atoms with Crippen LogP contribution in [0.25, 0.3) is 0 Å². The highest BCUT2D eigenvalue weighted by molar-refractivity contribution is 6.30. The average molecular weight is 325 g/mol.